The average molecular weight is 316 g/mol. The fraction of sp³-hybridized carbons (Fsp3) is 0.333. The second-order valence-corrected chi connectivity index (χ2v) is 7.04. The van der Waals surface area contributed by atoms with Crippen LogP contribution in [0.15, 0.2) is 27.4 Å². The topological polar surface area (TPSA) is 12.0 Å². The molecule has 1 N–H and O–H groups in total. The monoisotopic (exact) mass is 315 g/mol. The van der Waals surface area contributed by atoms with Crippen LogP contribution in [0, 0.1) is 6.92 Å². The zero-order chi connectivity index (χ0) is 11.5. The maximum atomic E-state index is 3.56. The lowest BCUT2D eigenvalue weighted by molar-refractivity contribution is 0.646. The highest BCUT2D eigenvalue weighted by atomic mass is 79.9. The Bertz CT molecular complexity index is 461. The van der Waals surface area contributed by atoms with Gasteiger partial charge in [0.05, 0.1) is 9.83 Å². The van der Waals surface area contributed by atoms with Crippen molar-refractivity contribution >= 4 is 38.6 Å². The van der Waals surface area contributed by atoms with E-state index < -0.39 is 0 Å². The van der Waals surface area contributed by atoms with Crippen LogP contribution in [0.4, 0.5) is 0 Å². The summed E-state index contributed by atoms with van der Waals surface area (Å²) in [7, 11) is 0. The van der Waals surface area contributed by atoms with Crippen LogP contribution < -0.4 is 5.32 Å². The van der Waals surface area contributed by atoms with E-state index in [1.165, 1.54) is 19.1 Å². The Hall–Kier alpha value is -0.160. The Morgan fingerprint density at radius 2 is 2.19 bits per heavy atom. The molecular weight excluding hydrogens is 302 g/mol. The summed E-state index contributed by atoms with van der Waals surface area (Å²) >= 11 is 7.16. The van der Waals surface area contributed by atoms with Crippen LogP contribution >= 0.6 is 38.6 Å². The summed E-state index contributed by atoms with van der Waals surface area (Å²) in [5.41, 5.74) is 1.38. The van der Waals surface area contributed by atoms with Gasteiger partial charge >= 0.3 is 0 Å². The molecule has 2 aromatic heterocycles. The molecule has 0 aliphatic rings. The first-order valence-corrected chi connectivity index (χ1v) is 7.74. The van der Waals surface area contributed by atoms with Crippen molar-refractivity contribution in [1.29, 1.82) is 0 Å². The smallest absolute Gasteiger partial charge is 0.0767 e. The third-order valence-electron chi connectivity index (χ3n) is 2.45. The van der Waals surface area contributed by atoms with E-state index in [-0.39, 0.29) is 0 Å². The van der Waals surface area contributed by atoms with E-state index in [0.717, 1.165) is 6.54 Å². The van der Waals surface area contributed by atoms with E-state index in [1.54, 1.807) is 11.3 Å². The molecule has 0 radical (unpaired) electrons. The average Bonchev–Trinajstić information content (AvgIpc) is 2.84. The molecule has 4 heteroatoms. The Kier molecular flexibility index (Phi) is 4.19. The molecule has 0 spiro atoms. The molecule has 0 aliphatic heterocycles. The van der Waals surface area contributed by atoms with Gasteiger partial charge in [0, 0.05) is 9.75 Å². The molecule has 2 aromatic rings. The first-order valence-electron chi connectivity index (χ1n) is 5.25. The maximum Gasteiger partial charge on any atom is 0.0767 e. The van der Waals surface area contributed by atoms with Gasteiger partial charge in [-0.05, 0) is 58.5 Å². The van der Waals surface area contributed by atoms with E-state index in [9.17, 15) is 0 Å². The van der Waals surface area contributed by atoms with Crippen molar-refractivity contribution in [2.45, 2.75) is 19.9 Å². The minimum absolute atomic E-state index is 0.348. The van der Waals surface area contributed by atoms with E-state index >= 15 is 0 Å². The predicted octanol–water partition coefficient (Wildman–Crippen LogP) is 4.58. The molecule has 0 fully saturated rings. The van der Waals surface area contributed by atoms with Crippen molar-refractivity contribution in [2.75, 3.05) is 6.54 Å². The van der Waals surface area contributed by atoms with Crippen LogP contribution in [0.25, 0.3) is 0 Å². The van der Waals surface area contributed by atoms with Gasteiger partial charge in [0.2, 0.25) is 0 Å². The lowest BCUT2D eigenvalue weighted by Crippen LogP contribution is -2.20. The highest BCUT2D eigenvalue weighted by Gasteiger charge is 2.17. The van der Waals surface area contributed by atoms with Crippen LogP contribution in [0.5, 0.6) is 0 Å². The summed E-state index contributed by atoms with van der Waals surface area (Å²) in [5.74, 6) is 0. The fourth-order valence-corrected chi connectivity index (χ4v) is 4.29. The molecule has 0 amide bonds. The van der Waals surface area contributed by atoms with E-state index in [4.69, 9.17) is 0 Å². The molecule has 1 nitrogen and oxygen atoms in total. The van der Waals surface area contributed by atoms with Crippen molar-refractivity contribution in [3.8, 4) is 0 Å². The molecule has 0 bridgehead atoms. The van der Waals surface area contributed by atoms with Gasteiger partial charge in [-0.1, -0.05) is 6.92 Å². The first-order chi connectivity index (χ1) is 7.72. The predicted molar refractivity (Wildman–Crippen MR) is 76.6 cm³/mol. The van der Waals surface area contributed by atoms with Gasteiger partial charge in [0.25, 0.3) is 0 Å². The summed E-state index contributed by atoms with van der Waals surface area (Å²) in [6.07, 6.45) is 0. The van der Waals surface area contributed by atoms with E-state index in [0.29, 0.717) is 6.04 Å². The number of rotatable bonds is 4. The summed E-state index contributed by atoms with van der Waals surface area (Å²) in [6.45, 7) is 5.31. The van der Waals surface area contributed by atoms with Gasteiger partial charge in [0.1, 0.15) is 0 Å². The lowest BCUT2D eigenvalue weighted by Gasteiger charge is -2.15. The molecule has 0 saturated heterocycles. The number of hydrogen-bond donors (Lipinski definition) is 1. The molecule has 0 aromatic carbocycles. The van der Waals surface area contributed by atoms with Crippen molar-refractivity contribution in [1.82, 2.24) is 5.32 Å². The molecular formula is C12H14BrNS2. The summed E-state index contributed by atoms with van der Waals surface area (Å²) in [5, 5.41) is 5.72. The van der Waals surface area contributed by atoms with Gasteiger partial charge in [-0.25, -0.2) is 0 Å². The molecule has 1 atom stereocenters. The Morgan fingerprint density at radius 1 is 1.38 bits per heavy atom. The highest BCUT2D eigenvalue weighted by Crippen LogP contribution is 2.34. The minimum atomic E-state index is 0.348. The zero-order valence-electron chi connectivity index (χ0n) is 9.29. The van der Waals surface area contributed by atoms with Crippen LogP contribution in [0.3, 0.4) is 0 Å². The molecule has 0 aliphatic carbocycles. The van der Waals surface area contributed by atoms with Crippen molar-refractivity contribution in [3.63, 3.8) is 0 Å². The van der Waals surface area contributed by atoms with Crippen molar-refractivity contribution in [2.24, 2.45) is 0 Å². The quantitative estimate of drug-likeness (QED) is 0.870. The molecule has 2 heterocycles. The Morgan fingerprint density at radius 3 is 2.69 bits per heavy atom. The van der Waals surface area contributed by atoms with Crippen LogP contribution in [0.1, 0.15) is 28.3 Å². The highest BCUT2D eigenvalue weighted by molar-refractivity contribution is 9.11. The molecule has 16 heavy (non-hydrogen) atoms. The molecule has 86 valence electrons. The largest absolute Gasteiger partial charge is 0.305 e. The first kappa shape index (κ1) is 12.3. The van der Waals surface area contributed by atoms with Crippen LogP contribution in [-0.4, -0.2) is 6.54 Å². The SMILES string of the molecule is CCNC(c1ccc(Br)s1)c1sccc1C. The van der Waals surface area contributed by atoms with Crippen LogP contribution in [-0.2, 0) is 0 Å². The number of aryl methyl sites for hydroxylation is 1. The number of halogens is 1. The second-order valence-electron chi connectivity index (χ2n) is 3.60. The van der Waals surface area contributed by atoms with Gasteiger partial charge in [-0.2, -0.15) is 0 Å². The van der Waals surface area contributed by atoms with Gasteiger partial charge in [-0.15, -0.1) is 22.7 Å². The third-order valence-corrected chi connectivity index (χ3v) is 5.22. The Balaban J connectivity index is 2.34. The minimum Gasteiger partial charge on any atom is -0.305 e. The second kappa shape index (κ2) is 5.45. The fourth-order valence-electron chi connectivity index (χ4n) is 1.69. The maximum absolute atomic E-state index is 3.56. The van der Waals surface area contributed by atoms with Gasteiger partial charge in [-0.3, -0.25) is 0 Å². The Labute approximate surface area is 113 Å². The molecule has 1 unspecified atom stereocenters. The van der Waals surface area contributed by atoms with Crippen LogP contribution in [0.2, 0.25) is 0 Å². The number of nitrogens with one attached hydrogen (secondary N) is 1. The zero-order valence-corrected chi connectivity index (χ0v) is 12.5. The number of thiophene rings is 2. The summed E-state index contributed by atoms with van der Waals surface area (Å²) < 4.78 is 1.19. The van der Waals surface area contributed by atoms with E-state index in [2.05, 4.69) is 58.7 Å². The summed E-state index contributed by atoms with van der Waals surface area (Å²) in [4.78, 5) is 2.80. The lowest BCUT2D eigenvalue weighted by atomic mass is 10.1. The third kappa shape index (κ3) is 2.56. The number of hydrogen-bond acceptors (Lipinski definition) is 3. The standard InChI is InChI=1S/C12H14BrNS2/c1-3-14-11(9-4-5-10(13)16-9)12-8(2)6-7-15-12/h4-7,11,14H,3H2,1-2H3. The molecule has 2 rings (SSSR count). The normalized spacial score (nSPS) is 12.9. The van der Waals surface area contributed by atoms with Crippen molar-refractivity contribution < 1.29 is 0 Å². The van der Waals surface area contributed by atoms with E-state index in [1.807, 2.05) is 11.3 Å². The summed E-state index contributed by atoms with van der Waals surface area (Å²) in [6, 6.07) is 6.85. The van der Waals surface area contributed by atoms with Gasteiger partial charge < -0.3 is 5.32 Å². The molecule has 0 saturated carbocycles. The van der Waals surface area contributed by atoms with Crippen molar-refractivity contribution in [3.05, 3.63) is 42.7 Å². The van der Waals surface area contributed by atoms with Gasteiger partial charge in [0.15, 0.2) is 0 Å².